The SMILES string of the molecule is Br.CC1=C(CCO)SCN1CC(=O)Nc1cc(Cl)cc(Cl)c1. The number of hydrogen-bond acceptors (Lipinski definition) is 4. The highest BCUT2D eigenvalue weighted by Crippen LogP contribution is 2.33. The van der Waals surface area contributed by atoms with Crippen LogP contribution in [0.25, 0.3) is 0 Å². The lowest BCUT2D eigenvalue weighted by Gasteiger charge is -2.18. The van der Waals surface area contributed by atoms with E-state index in [1.165, 1.54) is 0 Å². The van der Waals surface area contributed by atoms with E-state index in [1.807, 2.05) is 11.8 Å². The highest BCUT2D eigenvalue weighted by molar-refractivity contribution is 8.93. The Morgan fingerprint density at radius 2 is 2.00 bits per heavy atom. The van der Waals surface area contributed by atoms with Crippen molar-refractivity contribution in [3.05, 3.63) is 38.8 Å². The van der Waals surface area contributed by atoms with Gasteiger partial charge in [0.25, 0.3) is 0 Å². The fourth-order valence-corrected chi connectivity index (χ4v) is 3.75. The van der Waals surface area contributed by atoms with Gasteiger partial charge >= 0.3 is 0 Å². The largest absolute Gasteiger partial charge is 0.396 e. The number of nitrogens with zero attached hydrogens (tertiary/aromatic N) is 1. The molecule has 0 radical (unpaired) electrons. The number of thioether (sulfide) groups is 1. The summed E-state index contributed by atoms with van der Waals surface area (Å²) in [4.78, 5) is 15.2. The minimum absolute atomic E-state index is 0. The lowest BCUT2D eigenvalue weighted by atomic mass is 10.3. The maximum atomic E-state index is 12.1. The molecule has 1 aromatic carbocycles. The van der Waals surface area contributed by atoms with Crippen LogP contribution >= 0.6 is 51.9 Å². The van der Waals surface area contributed by atoms with Crippen molar-refractivity contribution in [3.63, 3.8) is 0 Å². The second-order valence-corrected chi connectivity index (χ2v) is 6.57. The zero-order chi connectivity index (χ0) is 15.4. The van der Waals surface area contributed by atoms with Gasteiger partial charge in [0.05, 0.1) is 12.4 Å². The molecule has 0 saturated heterocycles. The first-order chi connectivity index (χ1) is 9.99. The van der Waals surface area contributed by atoms with Crippen LogP contribution in [0.2, 0.25) is 10.0 Å². The molecule has 0 aliphatic carbocycles. The molecule has 1 aliphatic heterocycles. The molecule has 0 saturated carbocycles. The van der Waals surface area contributed by atoms with E-state index >= 15 is 0 Å². The summed E-state index contributed by atoms with van der Waals surface area (Å²) in [5.74, 6) is 0.601. The number of amides is 1. The molecule has 1 heterocycles. The lowest BCUT2D eigenvalue weighted by Crippen LogP contribution is -2.30. The average molecular weight is 428 g/mol. The Bertz CT molecular complexity index is 564. The fraction of sp³-hybridized carbons (Fsp3) is 0.357. The van der Waals surface area contributed by atoms with Gasteiger partial charge in [-0.25, -0.2) is 0 Å². The molecule has 122 valence electrons. The Balaban J connectivity index is 0.00000242. The van der Waals surface area contributed by atoms with Crippen molar-refractivity contribution in [1.29, 1.82) is 0 Å². The molecule has 0 fully saturated rings. The molecule has 0 bridgehead atoms. The van der Waals surface area contributed by atoms with E-state index in [9.17, 15) is 4.79 Å². The van der Waals surface area contributed by atoms with Crippen molar-refractivity contribution in [1.82, 2.24) is 4.90 Å². The number of hydrogen-bond donors (Lipinski definition) is 2. The molecule has 2 rings (SSSR count). The Morgan fingerprint density at radius 3 is 2.59 bits per heavy atom. The van der Waals surface area contributed by atoms with Crippen molar-refractivity contribution in [2.24, 2.45) is 0 Å². The van der Waals surface area contributed by atoms with Crippen LogP contribution in [0.3, 0.4) is 0 Å². The summed E-state index contributed by atoms with van der Waals surface area (Å²) in [5.41, 5.74) is 1.63. The maximum Gasteiger partial charge on any atom is 0.243 e. The van der Waals surface area contributed by atoms with Gasteiger partial charge < -0.3 is 15.3 Å². The summed E-state index contributed by atoms with van der Waals surface area (Å²) >= 11 is 13.5. The second-order valence-electron chi connectivity index (χ2n) is 4.66. The van der Waals surface area contributed by atoms with Crippen LogP contribution in [0.4, 0.5) is 5.69 Å². The number of rotatable bonds is 5. The van der Waals surface area contributed by atoms with Gasteiger partial charge in [0.1, 0.15) is 0 Å². The number of aliphatic hydroxyl groups is 1. The van der Waals surface area contributed by atoms with E-state index in [0.29, 0.717) is 22.2 Å². The van der Waals surface area contributed by atoms with Gasteiger partial charge in [0.2, 0.25) is 5.91 Å². The van der Waals surface area contributed by atoms with E-state index in [4.69, 9.17) is 28.3 Å². The van der Waals surface area contributed by atoms with Crippen molar-refractivity contribution in [2.45, 2.75) is 13.3 Å². The highest BCUT2D eigenvalue weighted by atomic mass is 79.9. The number of carbonyl (C=O) groups is 1. The van der Waals surface area contributed by atoms with Crippen LogP contribution in [-0.2, 0) is 4.79 Å². The van der Waals surface area contributed by atoms with E-state index in [2.05, 4.69) is 5.32 Å². The van der Waals surface area contributed by atoms with E-state index in [-0.39, 0.29) is 36.0 Å². The molecular formula is C14H17BrCl2N2O2S. The van der Waals surface area contributed by atoms with Crippen LogP contribution in [0, 0.1) is 0 Å². The number of halogens is 3. The monoisotopic (exact) mass is 426 g/mol. The summed E-state index contributed by atoms with van der Waals surface area (Å²) < 4.78 is 0. The van der Waals surface area contributed by atoms with Gasteiger partial charge in [0.15, 0.2) is 0 Å². The van der Waals surface area contributed by atoms with Crippen LogP contribution in [0.1, 0.15) is 13.3 Å². The molecule has 1 aromatic rings. The molecule has 0 aromatic heterocycles. The third-order valence-corrected chi connectivity index (χ3v) is 4.82. The van der Waals surface area contributed by atoms with Crippen molar-refractivity contribution in [3.8, 4) is 0 Å². The Morgan fingerprint density at radius 1 is 1.36 bits per heavy atom. The maximum absolute atomic E-state index is 12.1. The van der Waals surface area contributed by atoms with Gasteiger partial charge in [-0.05, 0) is 25.1 Å². The minimum atomic E-state index is -0.126. The second kappa shape index (κ2) is 9.03. The molecule has 2 N–H and O–H groups in total. The molecule has 4 nitrogen and oxygen atoms in total. The number of allylic oxidation sites excluding steroid dienone is 1. The Labute approximate surface area is 154 Å². The fourth-order valence-electron chi connectivity index (χ4n) is 2.05. The van der Waals surface area contributed by atoms with Crippen LogP contribution in [-0.4, -0.2) is 34.9 Å². The zero-order valence-corrected chi connectivity index (χ0v) is 16.0. The standard InChI is InChI=1S/C14H16Cl2N2O2S.BrH/c1-9-13(2-3-19)21-8-18(9)7-14(20)17-12-5-10(15)4-11(16)6-12;/h4-6,19H,2-3,7-8H2,1H3,(H,17,20);1H. The van der Waals surface area contributed by atoms with E-state index in [0.717, 1.165) is 16.5 Å². The van der Waals surface area contributed by atoms with E-state index in [1.54, 1.807) is 30.0 Å². The summed E-state index contributed by atoms with van der Waals surface area (Å²) in [6, 6.07) is 4.93. The number of anilines is 1. The predicted octanol–water partition coefficient (Wildman–Crippen LogP) is 4.13. The van der Waals surface area contributed by atoms with E-state index < -0.39 is 0 Å². The molecule has 1 amide bonds. The molecule has 1 aliphatic rings. The molecule has 8 heteroatoms. The van der Waals surface area contributed by atoms with Crippen molar-refractivity contribution in [2.75, 3.05) is 24.3 Å². The molecule has 0 spiro atoms. The summed E-state index contributed by atoms with van der Waals surface area (Å²) in [5, 5.41) is 12.7. The van der Waals surface area contributed by atoms with Gasteiger partial charge in [-0.2, -0.15) is 0 Å². The summed E-state index contributed by atoms with van der Waals surface area (Å²) in [7, 11) is 0. The first kappa shape index (κ1) is 19.6. The minimum Gasteiger partial charge on any atom is -0.396 e. The lowest BCUT2D eigenvalue weighted by molar-refractivity contribution is -0.116. The number of aliphatic hydroxyl groups excluding tert-OH is 1. The molecular weight excluding hydrogens is 411 g/mol. The zero-order valence-electron chi connectivity index (χ0n) is 11.9. The molecule has 0 atom stereocenters. The summed E-state index contributed by atoms with van der Waals surface area (Å²) in [6.45, 7) is 2.35. The third-order valence-electron chi connectivity index (χ3n) is 3.09. The Kier molecular flexibility index (Phi) is 8.07. The normalized spacial score (nSPS) is 14.1. The predicted molar refractivity (Wildman–Crippen MR) is 99.0 cm³/mol. The summed E-state index contributed by atoms with van der Waals surface area (Å²) in [6.07, 6.45) is 0.637. The molecule has 22 heavy (non-hydrogen) atoms. The molecule has 0 unspecified atom stereocenters. The van der Waals surface area contributed by atoms with Gasteiger partial charge in [0, 0.05) is 39.4 Å². The van der Waals surface area contributed by atoms with Crippen molar-refractivity contribution >= 4 is 63.5 Å². The van der Waals surface area contributed by atoms with Crippen LogP contribution < -0.4 is 5.32 Å². The Hall–Kier alpha value is -0.400. The van der Waals surface area contributed by atoms with Gasteiger partial charge in [-0.3, -0.25) is 4.79 Å². The first-order valence-electron chi connectivity index (χ1n) is 6.44. The number of carbonyl (C=O) groups excluding carboxylic acids is 1. The quantitative estimate of drug-likeness (QED) is 0.741. The van der Waals surface area contributed by atoms with Gasteiger partial charge in [-0.1, -0.05) is 23.2 Å². The first-order valence-corrected chi connectivity index (χ1v) is 8.18. The van der Waals surface area contributed by atoms with Crippen molar-refractivity contribution < 1.29 is 9.90 Å². The van der Waals surface area contributed by atoms with Crippen LogP contribution in [0.5, 0.6) is 0 Å². The average Bonchev–Trinajstić information content (AvgIpc) is 2.70. The smallest absolute Gasteiger partial charge is 0.243 e. The topological polar surface area (TPSA) is 52.6 Å². The van der Waals surface area contributed by atoms with Gasteiger partial charge in [-0.15, -0.1) is 28.7 Å². The van der Waals surface area contributed by atoms with Crippen LogP contribution in [0.15, 0.2) is 28.8 Å². The third kappa shape index (κ3) is 5.35. The highest BCUT2D eigenvalue weighted by Gasteiger charge is 2.21. The number of nitrogens with one attached hydrogen (secondary N) is 1. The number of benzene rings is 1.